The van der Waals surface area contributed by atoms with Crippen molar-refractivity contribution in [2.75, 3.05) is 13.2 Å². The zero-order valence-corrected chi connectivity index (χ0v) is 24.4. The standard InChI is InChI=1S/C33H44O6/c1-23(2)31(34)38-25(5)11-9-21-36-29-17-13-27(14-18-29)33(7,8)28-15-19-30(20-16-28)37-22-10-12-26(6)39-32(35)24(3)4/h13-20,25-26H,1,3,9-12,21-22H2,2,4-8H3. The average Bonchev–Trinajstić information content (AvgIpc) is 2.89. The molecule has 212 valence electrons. The second kappa shape index (κ2) is 15.2. The normalized spacial score (nSPS) is 12.7. The summed E-state index contributed by atoms with van der Waals surface area (Å²) in [6.45, 7) is 19.7. The zero-order chi connectivity index (χ0) is 29.0. The number of carbonyl (C=O) groups is 2. The molecule has 0 radical (unpaired) electrons. The van der Waals surface area contributed by atoms with Gasteiger partial charge in [-0.3, -0.25) is 0 Å². The predicted octanol–water partition coefficient (Wildman–Crippen LogP) is 7.35. The van der Waals surface area contributed by atoms with E-state index in [1.54, 1.807) is 13.8 Å². The number of esters is 2. The molecular weight excluding hydrogens is 492 g/mol. The van der Waals surface area contributed by atoms with Crippen molar-refractivity contribution in [3.05, 3.63) is 84.0 Å². The van der Waals surface area contributed by atoms with Crippen LogP contribution < -0.4 is 9.47 Å². The van der Waals surface area contributed by atoms with Gasteiger partial charge in [-0.05, 0) is 88.8 Å². The molecule has 6 nitrogen and oxygen atoms in total. The minimum Gasteiger partial charge on any atom is -0.494 e. The molecule has 0 heterocycles. The maximum atomic E-state index is 11.6. The Labute approximate surface area is 234 Å². The van der Waals surface area contributed by atoms with E-state index in [0.717, 1.165) is 37.2 Å². The van der Waals surface area contributed by atoms with Crippen LogP contribution in [0.1, 0.15) is 78.4 Å². The molecule has 2 aromatic rings. The van der Waals surface area contributed by atoms with Crippen LogP contribution in [-0.4, -0.2) is 37.4 Å². The first-order valence-electron chi connectivity index (χ1n) is 13.6. The molecule has 0 aliphatic rings. The van der Waals surface area contributed by atoms with Crippen molar-refractivity contribution in [2.24, 2.45) is 0 Å². The monoisotopic (exact) mass is 536 g/mol. The summed E-state index contributed by atoms with van der Waals surface area (Å²) in [5, 5.41) is 0. The van der Waals surface area contributed by atoms with Gasteiger partial charge in [0.25, 0.3) is 0 Å². The van der Waals surface area contributed by atoms with Crippen LogP contribution in [0.25, 0.3) is 0 Å². The van der Waals surface area contributed by atoms with Crippen molar-refractivity contribution in [1.82, 2.24) is 0 Å². The highest BCUT2D eigenvalue weighted by atomic mass is 16.5. The van der Waals surface area contributed by atoms with Crippen LogP contribution in [0.3, 0.4) is 0 Å². The van der Waals surface area contributed by atoms with Crippen molar-refractivity contribution in [1.29, 1.82) is 0 Å². The van der Waals surface area contributed by atoms with Crippen LogP contribution in [0, 0.1) is 0 Å². The molecule has 0 bridgehead atoms. The molecule has 0 amide bonds. The second-order valence-corrected chi connectivity index (χ2v) is 10.6. The van der Waals surface area contributed by atoms with E-state index in [-0.39, 0.29) is 29.6 Å². The van der Waals surface area contributed by atoms with Gasteiger partial charge < -0.3 is 18.9 Å². The number of benzene rings is 2. The Balaban J connectivity index is 1.79. The summed E-state index contributed by atoms with van der Waals surface area (Å²) < 4.78 is 22.4. The van der Waals surface area contributed by atoms with E-state index in [9.17, 15) is 9.59 Å². The summed E-state index contributed by atoms with van der Waals surface area (Å²) >= 11 is 0. The summed E-state index contributed by atoms with van der Waals surface area (Å²) in [4.78, 5) is 23.2. The lowest BCUT2D eigenvalue weighted by Crippen LogP contribution is -2.18. The number of hydrogen-bond acceptors (Lipinski definition) is 6. The molecule has 0 aliphatic heterocycles. The molecule has 0 aromatic heterocycles. The number of rotatable bonds is 16. The lowest BCUT2D eigenvalue weighted by atomic mass is 9.78. The van der Waals surface area contributed by atoms with Gasteiger partial charge in [0, 0.05) is 16.6 Å². The highest BCUT2D eigenvalue weighted by Crippen LogP contribution is 2.33. The first-order chi connectivity index (χ1) is 18.4. The lowest BCUT2D eigenvalue weighted by Gasteiger charge is -2.26. The van der Waals surface area contributed by atoms with Gasteiger partial charge in [0.2, 0.25) is 0 Å². The molecule has 6 heteroatoms. The Bertz CT molecular complexity index is 1010. The van der Waals surface area contributed by atoms with E-state index in [0.29, 0.717) is 24.4 Å². The summed E-state index contributed by atoms with van der Waals surface area (Å²) in [5.74, 6) is 0.922. The Morgan fingerprint density at radius 2 is 1.03 bits per heavy atom. The first kappa shape index (κ1) is 31.7. The molecule has 0 N–H and O–H groups in total. The molecule has 0 aliphatic carbocycles. The van der Waals surface area contributed by atoms with Crippen molar-refractivity contribution < 1.29 is 28.5 Å². The van der Waals surface area contributed by atoms with Gasteiger partial charge in [0.05, 0.1) is 25.4 Å². The molecule has 0 fully saturated rings. The first-order valence-corrected chi connectivity index (χ1v) is 13.6. The van der Waals surface area contributed by atoms with Crippen molar-refractivity contribution in [3.63, 3.8) is 0 Å². The van der Waals surface area contributed by atoms with Crippen LogP contribution in [0.2, 0.25) is 0 Å². The maximum Gasteiger partial charge on any atom is 0.333 e. The number of hydrogen-bond donors (Lipinski definition) is 0. The van der Waals surface area contributed by atoms with Gasteiger partial charge in [-0.2, -0.15) is 0 Å². The summed E-state index contributed by atoms with van der Waals surface area (Å²) in [5.41, 5.74) is 2.99. The summed E-state index contributed by atoms with van der Waals surface area (Å²) in [7, 11) is 0. The smallest absolute Gasteiger partial charge is 0.333 e. The van der Waals surface area contributed by atoms with Gasteiger partial charge in [-0.15, -0.1) is 0 Å². The molecule has 2 aromatic carbocycles. The Morgan fingerprint density at radius 1 is 0.692 bits per heavy atom. The van der Waals surface area contributed by atoms with Gasteiger partial charge >= 0.3 is 11.9 Å². The molecule has 39 heavy (non-hydrogen) atoms. The quantitative estimate of drug-likeness (QED) is 0.127. The van der Waals surface area contributed by atoms with Gasteiger partial charge in [0.1, 0.15) is 11.5 Å². The van der Waals surface area contributed by atoms with Crippen LogP contribution in [-0.2, 0) is 24.5 Å². The van der Waals surface area contributed by atoms with E-state index in [4.69, 9.17) is 18.9 Å². The highest BCUT2D eigenvalue weighted by Gasteiger charge is 2.23. The molecule has 0 saturated heterocycles. The van der Waals surface area contributed by atoms with Gasteiger partial charge in [0.15, 0.2) is 0 Å². The third kappa shape index (κ3) is 10.6. The number of ether oxygens (including phenoxy) is 4. The van der Waals surface area contributed by atoms with Crippen LogP contribution in [0.4, 0.5) is 0 Å². The fraction of sp³-hybridized carbons (Fsp3) is 0.455. The van der Waals surface area contributed by atoms with E-state index in [1.165, 1.54) is 11.1 Å². The van der Waals surface area contributed by atoms with Gasteiger partial charge in [-0.1, -0.05) is 51.3 Å². The molecular formula is C33H44O6. The SMILES string of the molecule is C=C(C)C(=O)OC(C)CCCOc1ccc(C(C)(C)c2ccc(OCCCC(C)OC(=O)C(=C)C)cc2)cc1. The molecule has 2 unspecified atom stereocenters. The fourth-order valence-electron chi connectivity index (χ4n) is 3.91. The molecule has 0 saturated carbocycles. The minimum atomic E-state index is -0.353. The van der Waals surface area contributed by atoms with E-state index in [1.807, 2.05) is 38.1 Å². The molecule has 0 spiro atoms. The summed E-state index contributed by atoms with van der Waals surface area (Å²) in [6, 6.07) is 16.4. The van der Waals surface area contributed by atoms with E-state index >= 15 is 0 Å². The third-order valence-corrected chi connectivity index (χ3v) is 6.51. The van der Waals surface area contributed by atoms with Crippen molar-refractivity contribution >= 4 is 11.9 Å². The summed E-state index contributed by atoms with van der Waals surface area (Å²) in [6.07, 6.45) is 2.70. The maximum absolute atomic E-state index is 11.6. The predicted molar refractivity (Wildman–Crippen MR) is 155 cm³/mol. The Morgan fingerprint density at radius 3 is 1.33 bits per heavy atom. The highest BCUT2D eigenvalue weighted by molar-refractivity contribution is 5.87. The Hall–Kier alpha value is -3.54. The van der Waals surface area contributed by atoms with E-state index in [2.05, 4.69) is 51.3 Å². The average molecular weight is 537 g/mol. The van der Waals surface area contributed by atoms with Crippen molar-refractivity contribution in [3.8, 4) is 11.5 Å². The number of carbonyl (C=O) groups excluding carboxylic acids is 2. The van der Waals surface area contributed by atoms with Crippen LogP contribution >= 0.6 is 0 Å². The lowest BCUT2D eigenvalue weighted by molar-refractivity contribution is -0.144. The van der Waals surface area contributed by atoms with Gasteiger partial charge in [-0.25, -0.2) is 9.59 Å². The third-order valence-electron chi connectivity index (χ3n) is 6.51. The Kier molecular flexibility index (Phi) is 12.3. The molecule has 2 rings (SSSR count). The topological polar surface area (TPSA) is 71.1 Å². The molecule has 2 atom stereocenters. The largest absolute Gasteiger partial charge is 0.494 e. The van der Waals surface area contributed by atoms with Crippen molar-refractivity contribution in [2.45, 2.75) is 84.8 Å². The zero-order valence-electron chi connectivity index (χ0n) is 24.4. The minimum absolute atomic E-state index is 0.167. The second-order valence-electron chi connectivity index (χ2n) is 10.6. The van der Waals surface area contributed by atoms with Crippen LogP contribution in [0.5, 0.6) is 11.5 Å². The van der Waals surface area contributed by atoms with E-state index < -0.39 is 0 Å². The van der Waals surface area contributed by atoms with Crippen LogP contribution in [0.15, 0.2) is 72.8 Å². The fourth-order valence-corrected chi connectivity index (χ4v) is 3.91.